The number of carbonyl (C=O) groups excluding carboxylic acids is 2. The van der Waals surface area contributed by atoms with E-state index in [2.05, 4.69) is 14.9 Å². The van der Waals surface area contributed by atoms with Gasteiger partial charge < -0.3 is 15.5 Å². The molecule has 8 heteroatoms. The van der Waals surface area contributed by atoms with Crippen LogP contribution in [0.2, 0.25) is 0 Å². The fraction of sp³-hybridized carbons (Fsp3) is 0.625. The summed E-state index contributed by atoms with van der Waals surface area (Å²) in [6.07, 6.45) is 5.20. The second-order valence-electron chi connectivity index (χ2n) is 6.39. The summed E-state index contributed by atoms with van der Waals surface area (Å²) in [5.74, 6) is 0.445. The van der Waals surface area contributed by atoms with Crippen LogP contribution in [0.25, 0.3) is 0 Å². The molecule has 24 heavy (non-hydrogen) atoms. The number of likely N-dealkylation sites (tertiary alicyclic amines) is 1. The Labute approximate surface area is 141 Å². The van der Waals surface area contributed by atoms with Crippen molar-refractivity contribution < 1.29 is 9.59 Å². The van der Waals surface area contributed by atoms with Crippen LogP contribution in [0.1, 0.15) is 12.8 Å². The lowest BCUT2D eigenvalue weighted by molar-refractivity contribution is -0.134. The number of aromatic nitrogens is 2. The highest BCUT2D eigenvalue weighted by molar-refractivity contribution is 5.79. The molecule has 0 aliphatic carbocycles. The van der Waals surface area contributed by atoms with Gasteiger partial charge in [-0.1, -0.05) is 0 Å². The quantitative estimate of drug-likeness (QED) is 0.785. The number of nitrogens with two attached hydrogens (primary N) is 1. The third-order valence-electron chi connectivity index (χ3n) is 4.73. The Balaban J connectivity index is 1.48. The van der Waals surface area contributed by atoms with Gasteiger partial charge in [-0.05, 0) is 25.5 Å². The lowest BCUT2D eigenvalue weighted by Crippen LogP contribution is -2.52. The molecule has 2 fully saturated rings. The number of hydrogen-bond donors (Lipinski definition) is 1. The van der Waals surface area contributed by atoms with Crippen LogP contribution in [0.4, 0.5) is 5.95 Å². The van der Waals surface area contributed by atoms with Gasteiger partial charge in [-0.2, -0.15) is 0 Å². The van der Waals surface area contributed by atoms with Crippen molar-refractivity contribution in [2.24, 2.45) is 11.7 Å². The van der Waals surface area contributed by atoms with Gasteiger partial charge in [0.25, 0.3) is 0 Å². The Hall–Kier alpha value is -2.22. The van der Waals surface area contributed by atoms with E-state index >= 15 is 0 Å². The summed E-state index contributed by atoms with van der Waals surface area (Å²) in [5, 5.41) is 0. The van der Waals surface area contributed by atoms with Crippen molar-refractivity contribution >= 4 is 17.8 Å². The normalized spacial score (nSPS) is 22.4. The summed E-state index contributed by atoms with van der Waals surface area (Å²) in [6.45, 7) is 4.63. The predicted molar refractivity (Wildman–Crippen MR) is 89.2 cm³/mol. The number of hydrogen-bond acceptors (Lipinski definition) is 6. The van der Waals surface area contributed by atoms with Crippen LogP contribution >= 0.6 is 0 Å². The lowest BCUT2D eigenvalue weighted by Gasteiger charge is -2.37. The Morgan fingerprint density at radius 3 is 2.50 bits per heavy atom. The molecule has 2 N–H and O–H groups in total. The van der Waals surface area contributed by atoms with Crippen molar-refractivity contribution in [2.75, 3.05) is 50.7 Å². The Kier molecular flexibility index (Phi) is 5.24. The molecule has 0 aromatic carbocycles. The molecule has 2 aliphatic rings. The SMILES string of the molecule is NC(=O)[C@H]1CCCN(CC(=O)N2CCN(c3ncccn3)CC2)C1. The number of piperidine rings is 1. The van der Waals surface area contributed by atoms with Crippen LogP contribution in [0.3, 0.4) is 0 Å². The summed E-state index contributed by atoms with van der Waals surface area (Å²) < 4.78 is 0. The highest BCUT2D eigenvalue weighted by Gasteiger charge is 2.28. The minimum absolute atomic E-state index is 0.119. The molecule has 0 spiro atoms. The van der Waals surface area contributed by atoms with Crippen LogP contribution in [-0.2, 0) is 9.59 Å². The van der Waals surface area contributed by atoms with Crippen LogP contribution in [0, 0.1) is 5.92 Å². The molecule has 1 aromatic rings. The van der Waals surface area contributed by atoms with Gasteiger partial charge in [0.15, 0.2) is 0 Å². The summed E-state index contributed by atoms with van der Waals surface area (Å²) >= 11 is 0. The standard InChI is InChI=1S/C16H24N6O2/c17-15(24)13-3-1-6-20(11-13)12-14(23)21-7-9-22(10-8-21)16-18-4-2-5-19-16/h2,4-5,13H,1,3,6-12H2,(H2,17,24)/t13-/m0/s1. The van der Waals surface area contributed by atoms with E-state index in [-0.39, 0.29) is 17.7 Å². The number of nitrogens with zero attached hydrogens (tertiary/aromatic N) is 5. The summed E-state index contributed by atoms with van der Waals surface area (Å²) in [7, 11) is 0. The van der Waals surface area contributed by atoms with E-state index in [9.17, 15) is 9.59 Å². The molecule has 0 radical (unpaired) electrons. The zero-order valence-electron chi connectivity index (χ0n) is 13.8. The molecule has 2 amide bonds. The van der Waals surface area contributed by atoms with Crippen molar-refractivity contribution in [3.63, 3.8) is 0 Å². The maximum Gasteiger partial charge on any atom is 0.236 e. The van der Waals surface area contributed by atoms with Crippen molar-refractivity contribution in [2.45, 2.75) is 12.8 Å². The highest BCUT2D eigenvalue weighted by atomic mass is 16.2. The van der Waals surface area contributed by atoms with Crippen LogP contribution in [0.5, 0.6) is 0 Å². The Bertz CT molecular complexity index is 573. The molecule has 3 heterocycles. The van der Waals surface area contributed by atoms with Crippen LogP contribution in [0.15, 0.2) is 18.5 Å². The molecule has 130 valence electrons. The summed E-state index contributed by atoms with van der Waals surface area (Å²) in [6, 6.07) is 1.79. The second-order valence-corrected chi connectivity index (χ2v) is 6.39. The first-order chi connectivity index (χ1) is 11.6. The van der Waals surface area contributed by atoms with Crippen molar-refractivity contribution in [3.8, 4) is 0 Å². The molecule has 2 saturated heterocycles. The number of amides is 2. The van der Waals surface area contributed by atoms with Crippen molar-refractivity contribution in [1.82, 2.24) is 19.8 Å². The molecular formula is C16H24N6O2. The number of anilines is 1. The fourth-order valence-electron chi connectivity index (χ4n) is 3.33. The van der Waals surface area contributed by atoms with Gasteiger partial charge in [0.2, 0.25) is 17.8 Å². The predicted octanol–water partition coefficient (Wildman–Crippen LogP) is -0.677. The zero-order valence-corrected chi connectivity index (χ0v) is 13.8. The van der Waals surface area contributed by atoms with Gasteiger partial charge in [0, 0.05) is 45.1 Å². The molecule has 0 bridgehead atoms. The van der Waals surface area contributed by atoms with E-state index in [0.717, 1.165) is 32.5 Å². The topological polar surface area (TPSA) is 95.7 Å². The number of piperazine rings is 1. The minimum atomic E-state index is -0.261. The Morgan fingerprint density at radius 2 is 1.83 bits per heavy atom. The molecule has 0 unspecified atom stereocenters. The maximum absolute atomic E-state index is 12.5. The van der Waals surface area contributed by atoms with Crippen LogP contribution < -0.4 is 10.6 Å². The smallest absolute Gasteiger partial charge is 0.236 e. The average Bonchev–Trinajstić information content (AvgIpc) is 2.63. The van der Waals surface area contributed by atoms with E-state index in [0.29, 0.717) is 32.1 Å². The lowest BCUT2D eigenvalue weighted by atomic mass is 9.97. The molecule has 1 atom stereocenters. The first-order valence-corrected chi connectivity index (χ1v) is 8.45. The summed E-state index contributed by atoms with van der Waals surface area (Å²) in [5.41, 5.74) is 5.40. The van der Waals surface area contributed by atoms with Gasteiger partial charge in [-0.15, -0.1) is 0 Å². The van der Waals surface area contributed by atoms with E-state index in [1.807, 2.05) is 9.80 Å². The fourth-order valence-corrected chi connectivity index (χ4v) is 3.33. The largest absolute Gasteiger partial charge is 0.369 e. The van der Waals surface area contributed by atoms with Crippen LogP contribution in [-0.4, -0.2) is 77.4 Å². The van der Waals surface area contributed by atoms with Crippen molar-refractivity contribution in [3.05, 3.63) is 18.5 Å². The third-order valence-corrected chi connectivity index (χ3v) is 4.73. The first-order valence-electron chi connectivity index (χ1n) is 8.45. The van der Waals surface area contributed by atoms with Gasteiger partial charge in [-0.3, -0.25) is 14.5 Å². The minimum Gasteiger partial charge on any atom is -0.369 e. The van der Waals surface area contributed by atoms with Gasteiger partial charge in [-0.25, -0.2) is 9.97 Å². The van der Waals surface area contributed by atoms with E-state index in [4.69, 9.17) is 5.73 Å². The van der Waals surface area contributed by atoms with E-state index < -0.39 is 0 Å². The number of primary amides is 1. The van der Waals surface area contributed by atoms with E-state index in [1.165, 1.54) is 0 Å². The molecule has 1 aromatic heterocycles. The number of carbonyl (C=O) groups is 2. The van der Waals surface area contributed by atoms with Gasteiger partial charge in [0.05, 0.1) is 12.5 Å². The molecule has 3 rings (SSSR count). The highest BCUT2D eigenvalue weighted by Crippen LogP contribution is 2.16. The molecule has 8 nitrogen and oxygen atoms in total. The monoisotopic (exact) mass is 332 g/mol. The molecular weight excluding hydrogens is 308 g/mol. The van der Waals surface area contributed by atoms with Gasteiger partial charge in [0.1, 0.15) is 0 Å². The Morgan fingerprint density at radius 1 is 1.12 bits per heavy atom. The van der Waals surface area contributed by atoms with Gasteiger partial charge >= 0.3 is 0 Å². The molecule has 0 saturated carbocycles. The first kappa shape index (κ1) is 16.6. The van der Waals surface area contributed by atoms with Crippen molar-refractivity contribution in [1.29, 1.82) is 0 Å². The number of rotatable bonds is 4. The summed E-state index contributed by atoms with van der Waals surface area (Å²) in [4.78, 5) is 38.4. The average molecular weight is 332 g/mol. The molecule has 2 aliphatic heterocycles. The maximum atomic E-state index is 12.5. The second kappa shape index (κ2) is 7.57. The third kappa shape index (κ3) is 4.00. The van der Waals surface area contributed by atoms with E-state index in [1.54, 1.807) is 18.5 Å². The zero-order chi connectivity index (χ0) is 16.9.